The molecule has 6 heteroatoms. The van der Waals surface area contributed by atoms with E-state index in [0.717, 1.165) is 0 Å². The fourth-order valence-electron chi connectivity index (χ4n) is 1.75. The Morgan fingerprint density at radius 1 is 1.22 bits per heavy atom. The summed E-state index contributed by atoms with van der Waals surface area (Å²) in [5.41, 5.74) is 0.478. The molecule has 18 heavy (non-hydrogen) atoms. The first-order valence-electron chi connectivity index (χ1n) is 5.59. The number of amides is 2. The average Bonchev–Trinajstić information content (AvgIpc) is 2.34. The standard InChI is InChI=1S/C12H12Cl2N2O2/c13-8-1-2-10(14)11(7-8)15-12(18)16-5-3-9(17)4-6-16/h1-2,7H,3-6H2,(H,15,18). The number of rotatable bonds is 1. The largest absolute Gasteiger partial charge is 0.324 e. The van der Waals surface area contributed by atoms with Gasteiger partial charge in [0.05, 0.1) is 10.7 Å². The summed E-state index contributed by atoms with van der Waals surface area (Å²) in [5.74, 6) is 0.194. The third-order valence-corrected chi connectivity index (χ3v) is 3.34. The molecule has 0 spiro atoms. The summed E-state index contributed by atoms with van der Waals surface area (Å²) in [6.07, 6.45) is 0.827. The van der Waals surface area contributed by atoms with E-state index in [1.807, 2.05) is 0 Å². The monoisotopic (exact) mass is 286 g/mol. The van der Waals surface area contributed by atoms with E-state index in [-0.39, 0.29) is 11.8 Å². The second-order valence-corrected chi connectivity index (χ2v) is 4.92. The van der Waals surface area contributed by atoms with Gasteiger partial charge in [0.15, 0.2) is 0 Å². The zero-order valence-corrected chi connectivity index (χ0v) is 11.1. The van der Waals surface area contributed by atoms with Gasteiger partial charge in [-0.15, -0.1) is 0 Å². The Hall–Kier alpha value is -1.26. The van der Waals surface area contributed by atoms with Crippen molar-refractivity contribution in [1.29, 1.82) is 0 Å². The van der Waals surface area contributed by atoms with Crippen molar-refractivity contribution >= 4 is 40.7 Å². The fourth-order valence-corrected chi connectivity index (χ4v) is 2.08. The number of benzene rings is 1. The molecular formula is C12H12Cl2N2O2. The predicted molar refractivity (Wildman–Crippen MR) is 71.3 cm³/mol. The van der Waals surface area contributed by atoms with Crippen molar-refractivity contribution in [2.75, 3.05) is 18.4 Å². The number of carbonyl (C=O) groups excluding carboxylic acids is 2. The third kappa shape index (κ3) is 3.15. The van der Waals surface area contributed by atoms with Crippen molar-refractivity contribution in [1.82, 2.24) is 4.90 Å². The summed E-state index contributed by atoms with van der Waals surface area (Å²) in [6, 6.07) is 4.61. The van der Waals surface area contributed by atoms with E-state index >= 15 is 0 Å². The summed E-state index contributed by atoms with van der Waals surface area (Å²) >= 11 is 11.8. The van der Waals surface area contributed by atoms with Crippen LogP contribution in [0.4, 0.5) is 10.5 Å². The van der Waals surface area contributed by atoms with Crippen LogP contribution in [-0.4, -0.2) is 29.8 Å². The van der Waals surface area contributed by atoms with Gasteiger partial charge in [0.2, 0.25) is 0 Å². The van der Waals surface area contributed by atoms with Crippen LogP contribution in [0.3, 0.4) is 0 Å². The van der Waals surface area contributed by atoms with Gasteiger partial charge in [-0.3, -0.25) is 4.79 Å². The molecule has 1 heterocycles. The van der Waals surface area contributed by atoms with Crippen molar-refractivity contribution in [2.45, 2.75) is 12.8 Å². The predicted octanol–water partition coefficient (Wildman–Crippen LogP) is 3.19. The Morgan fingerprint density at radius 3 is 2.56 bits per heavy atom. The van der Waals surface area contributed by atoms with E-state index < -0.39 is 0 Å². The fraction of sp³-hybridized carbons (Fsp3) is 0.333. The van der Waals surface area contributed by atoms with Gasteiger partial charge in [0.25, 0.3) is 0 Å². The minimum Gasteiger partial charge on any atom is -0.324 e. The van der Waals surface area contributed by atoms with Crippen molar-refractivity contribution in [3.63, 3.8) is 0 Å². The van der Waals surface area contributed by atoms with Crippen molar-refractivity contribution in [3.8, 4) is 0 Å². The maximum absolute atomic E-state index is 11.9. The molecule has 0 unspecified atom stereocenters. The third-order valence-electron chi connectivity index (χ3n) is 2.78. The second-order valence-electron chi connectivity index (χ2n) is 4.08. The van der Waals surface area contributed by atoms with Crippen LogP contribution < -0.4 is 5.32 Å². The maximum Gasteiger partial charge on any atom is 0.321 e. The van der Waals surface area contributed by atoms with Crippen LogP contribution in [0.25, 0.3) is 0 Å². The Bertz CT molecular complexity index is 481. The number of carbonyl (C=O) groups is 2. The summed E-state index contributed by atoms with van der Waals surface area (Å²) in [4.78, 5) is 24.6. The number of Topliss-reactive ketones (excluding diaryl/α,β-unsaturated/α-hetero) is 1. The topological polar surface area (TPSA) is 49.4 Å². The van der Waals surface area contributed by atoms with E-state index in [0.29, 0.717) is 41.7 Å². The molecule has 1 aromatic rings. The highest BCUT2D eigenvalue weighted by Gasteiger charge is 2.21. The molecule has 0 atom stereocenters. The number of piperidine rings is 1. The van der Waals surface area contributed by atoms with Gasteiger partial charge in [-0.25, -0.2) is 4.79 Å². The molecule has 2 rings (SSSR count). The smallest absolute Gasteiger partial charge is 0.321 e. The first-order chi connectivity index (χ1) is 8.56. The highest BCUT2D eigenvalue weighted by Crippen LogP contribution is 2.25. The molecule has 1 aliphatic rings. The van der Waals surface area contributed by atoms with E-state index in [4.69, 9.17) is 23.2 Å². The zero-order valence-electron chi connectivity index (χ0n) is 9.58. The summed E-state index contributed by atoms with van der Waals surface area (Å²) in [7, 11) is 0. The Balaban J connectivity index is 2.02. The maximum atomic E-state index is 11.9. The lowest BCUT2D eigenvalue weighted by Gasteiger charge is -2.26. The Labute approximate surface area is 115 Å². The molecule has 1 saturated heterocycles. The second kappa shape index (κ2) is 5.59. The summed E-state index contributed by atoms with van der Waals surface area (Å²) in [5, 5.41) is 3.63. The van der Waals surface area contributed by atoms with Gasteiger partial charge in [-0.2, -0.15) is 0 Å². The molecular weight excluding hydrogens is 275 g/mol. The molecule has 2 amide bonds. The number of urea groups is 1. The highest BCUT2D eigenvalue weighted by molar-refractivity contribution is 6.35. The van der Waals surface area contributed by atoms with E-state index in [1.54, 1.807) is 23.1 Å². The first-order valence-corrected chi connectivity index (χ1v) is 6.34. The minimum absolute atomic E-state index is 0.194. The highest BCUT2D eigenvalue weighted by atomic mass is 35.5. The first kappa shape index (κ1) is 13.2. The lowest BCUT2D eigenvalue weighted by Crippen LogP contribution is -2.41. The number of halogens is 2. The SMILES string of the molecule is O=C1CCN(C(=O)Nc2cc(Cl)ccc2Cl)CC1. The number of nitrogens with one attached hydrogen (secondary N) is 1. The van der Waals surface area contributed by atoms with Crippen molar-refractivity contribution in [2.24, 2.45) is 0 Å². The molecule has 1 aromatic carbocycles. The van der Waals surface area contributed by atoms with Gasteiger partial charge in [-0.05, 0) is 18.2 Å². The molecule has 0 bridgehead atoms. The molecule has 0 aliphatic carbocycles. The molecule has 1 aliphatic heterocycles. The Kier molecular flexibility index (Phi) is 4.09. The molecule has 1 N–H and O–H groups in total. The minimum atomic E-state index is -0.258. The lowest BCUT2D eigenvalue weighted by atomic mass is 10.1. The van der Waals surface area contributed by atoms with Crippen LogP contribution in [0.2, 0.25) is 10.0 Å². The summed E-state index contributed by atoms with van der Waals surface area (Å²) < 4.78 is 0. The van der Waals surface area contributed by atoms with Crippen molar-refractivity contribution < 1.29 is 9.59 Å². The van der Waals surface area contributed by atoms with Gasteiger partial charge < -0.3 is 10.2 Å². The van der Waals surface area contributed by atoms with Crippen LogP contribution in [0.5, 0.6) is 0 Å². The molecule has 4 nitrogen and oxygen atoms in total. The van der Waals surface area contributed by atoms with Gasteiger partial charge in [0.1, 0.15) is 5.78 Å². The van der Waals surface area contributed by atoms with Crippen LogP contribution in [0, 0.1) is 0 Å². The van der Waals surface area contributed by atoms with E-state index in [1.165, 1.54) is 0 Å². The summed E-state index contributed by atoms with van der Waals surface area (Å²) in [6.45, 7) is 0.895. The number of anilines is 1. The Morgan fingerprint density at radius 2 is 1.89 bits per heavy atom. The van der Waals surface area contributed by atoms with Crippen LogP contribution in [0.15, 0.2) is 18.2 Å². The number of likely N-dealkylation sites (tertiary alicyclic amines) is 1. The van der Waals surface area contributed by atoms with E-state index in [9.17, 15) is 9.59 Å². The van der Waals surface area contributed by atoms with Crippen LogP contribution >= 0.6 is 23.2 Å². The molecule has 1 fully saturated rings. The van der Waals surface area contributed by atoms with Gasteiger partial charge >= 0.3 is 6.03 Å². The lowest BCUT2D eigenvalue weighted by molar-refractivity contribution is -0.120. The molecule has 0 aromatic heterocycles. The number of hydrogen-bond donors (Lipinski definition) is 1. The molecule has 96 valence electrons. The number of ketones is 1. The van der Waals surface area contributed by atoms with Crippen LogP contribution in [-0.2, 0) is 4.79 Å². The molecule has 0 saturated carbocycles. The zero-order chi connectivity index (χ0) is 13.1. The number of nitrogens with zero attached hydrogens (tertiary/aromatic N) is 1. The van der Waals surface area contributed by atoms with E-state index in [2.05, 4.69) is 5.32 Å². The van der Waals surface area contributed by atoms with Crippen LogP contribution in [0.1, 0.15) is 12.8 Å². The molecule has 0 radical (unpaired) electrons. The van der Waals surface area contributed by atoms with Crippen molar-refractivity contribution in [3.05, 3.63) is 28.2 Å². The van der Waals surface area contributed by atoms with Gasteiger partial charge in [0, 0.05) is 31.0 Å². The quantitative estimate of drug-likeness (QED) is 0.862. The average molecular weight is 287 g/mol. The number of hydrogen-bond acceptors (Lipinski definition) is 2. The van der Waals surface area contributed by atoms with Gasteiger partial charge in [-0.1, -0.05) is 23.2 Å². The normalized spacial score (nSPS) is 15.7.